The van der Waals surface area contributed by atoms with Crippen molar-refractivity contribution in [2.75, 3.05) is 26.4 Å². The largest absolute Gasteiger partial charge is 0.493 e. The van der Waals surface area contributed by atoms with Crippen LogP contribution in [0.4, 0.5) is 0 Å². The van der Waals surface area contributed by atoms with Crippen molar-refractivity contribution in [2.45, 2.75) is 47.0 Å². The van der Waals surface area contributed by atoms with Crippen molar-refractivity contribution < 1.29 is 19.0 Å². The molecule has 1 heterocycles. The van der Waals surface area contributed by atoms with Gasteiger partial charge in [-0.25, -0.2) is 0 Å². The van der Waals surface area contributed by atoms with Gasteiger partial charge < -0.3 is 14.2 Å². The van der Waals surface area contributed by atoms with Crippen LogP contribution in [0.2, 0.25) is 0 Å². The molecule has 1 amide bonds. The molecule has 182 valence electrons. The summed E-state index contributed by atoms with van der Waals surface area (Å²) in [4.78, 5) is 14.7. The molecular formula is C27H33NO4S2. The van der Waals surface area contributed by atoms with Gasteiger partial charge in [-0.3, -0.25) is 9.69 Å². The van der Waals surface area contributed by atoms with E-state index in [0.29, 0.717) is 53.0 Å². The van der Waals surface area contributed by atoms with Crippen LogP contribution in [0.25, 0.3) is 6.08 Å². The molecule has 0 atom stereocenters. The summed E-state index contributed by atoms with van der Waals surface area (Å²) in [5, 5.41) is 0. The molecule has 0 aliphatic carbocycles. The Labute approximate surface area is 212 Å². The molecule has 0 spiro atoms. The predicted octanol–water partition coefficient (Wildman–Crippen LogP) is 6.59. The molecule has 0 unspecified atom stereocenters. The number of hydrogen-bond donors (Lipinski definition) is 0. The lowest BCUT2D eigenvalue weighted by atomic mass is 10.0. The number of amides is 1. The highest BCUT2D eigenvalue weighted by Gasteiger charge is 2.30. The zero-order chi connectivity index (χ0) is 24.7. The average molecular weight is 500 g/mol. The molecule has 5 nitrogen and oxygen atoms in total. The van der Waals surface area contributed by atoms with Gasteiger partial charge in [-0.1, -0.05) is 56.0 Å². The molecule has 3 rings (SSSR count). The molecule has 1 aliphatic heterocycles. The number of aryl methyl sites for hydroxylation is 1. The van der Waals surface area contributed by atoms with Crippen molar-refractivity contribution in [1.82, 2.24) is 4.90 Å². The van der Waals surface area contributed by atoms with Gasteiger partial charge in [0.1, 0.15) is 10.1 Å². The van der Waals surface area contributed by atoms with Gasteiger partial charge in [-0.2, -0.15) is 0 Å². The number of likely N-dealkylation sites (N-methyl/N-ethyl adjacent to an activating group) is 1. The lowest BCUT2D eigenvalue weighted by Crippen LogP contribution is -2.27. The topological polar surface area (TPSA) is 48.0 Å². The molecular weight excluding hydrogens is 466 g/mol. The predicted molar refractivity (Wildman–Crippen MR) is 144 cm³/mol. The maximum atomic E-state index is 12.5. The van der Waals surface area contributed by atoms with Gasteiger partial charge in [-0.15, -0.1) is 0 Å². The van der Waals surface area contributed by atoms with Crippen LogP contribution in [-0.2, 0) is 4.79 Å². The molecule has 0 bridgehead atoms. The molecule has 2 aromatic carbocycles. The van der Waals surface area contributed by atoms with E-state index in [1.165, 1.54) is 22.9 Å². The number of benzene rings is 2. The summed E-state index contributed by atoms with van der Waals surface area (Å²) in [6, 6.07) is 12.1. The van der Waals surface area contributed by atoms with Crippen LogP contribution in [0.5, 0.6) is 17.2 Å². The highest BCUT2D eigenvalue weighted by Crippen LogP contribution is 2.35. The van der Waals surface area contributed by atoms with Gasteiger partial charge >= 0.3 is 0 Å². The Morgan fingerprint density at radius 2 is 1.74 bits per heavy atom. The maximum Gasteiger partial charge on any atom is 0.266 e. The third-order valence-electron chi connectivity index (χ3n) is 5.35. The smallest absolute Gasteiger partial charge is 0.266 e. The fraction of sp³-hybridized carbons (Fsp3) is 0.407. The molecule has 34 heavy (non-hydrogen) atoms. The minimum absolute atomic E-state index is 0.0509. The zero-order valence-corrected chi connectivity index (χ0v) is 22.2. The second kappa shape index (κ2) is 12.3. The summed E-state index contributed by atoms with van der Waals surface area (Å²) in [7, 11) is 0. The molecule has 2 aromatic rings. The molecule has 0 N–H and O–H groups in total. The van der Waals surface area contributed by atoms with Crippen LogP contribution in [0.1, 0.15) is 56.7 Å². The van der Waals surface area contributed by atoms with Crippen LogP contribution >= 0.6 is 24.0 Å². The van der Waals surface area contributed by atoms with Gasteiger partial charge in [0.05, 0.1) is 24.7 Å². The highest BCUT2D eigenvalue weighted by atomic mass is 32.2. The summed E-state index contributed by atoms with van der Waals surface area (Å²) in [6.07, 6.45) is 2.60. The second-order valence-corrected chi connectivity index (χ2v) is 9.99. The van der Waals surface area contributed by atoms with E-state index >= 15 is 0 Å². The third kappa shape index (κ3) is 6.54. The SMILES string of the molecule is CCOc1cc(C=C2SC(=S)N(CC)C2=O)ccc1OCCCOc1cc(C)ccc1C(C)C. The third-order valence-corrected chi connectivity index (χ3v) is 6.73. The molecule has 0 radical (unpaired) electrons. The molecule has 0 saturated carbocycles. The lowest BCUT2D eigenvalue weighted by Gasteiger charge is -2.16. The summed E-state index contributed by atoms with van der Waals surface area (Å²) in [5.41, 5.74) is 3.28. The Kier molecular flexibility index (Phi) is 9.42. The lowest BCUT2D eigenvalue weighted by molar-refractivity contribution is -0.121. The van der Waals surface area contributed by atoms with Crippen LogP contribution in [0.15, 0.2) is 41.3 Å². The Balaban J connectivity index is 1.60. The van der Waals surface area contributed by atoms with Crippen molar-refractivity contribution >= 4 is 40.3 Å². The van der Waals surface area contributed by atoms with Gasteiger partial charge in [-0.05, 0) is 67.7 Å². The first kappa shape index (κ1) is 26.1. The first-order chi connectivity index (χ1) is 16.3. The first-order valence-electron chi connectivity index (χ1n) is 11.7. The summed E-state index contributed by atoms with van der Waals surface area (Å²) >= 11 is 6.63. The monoisotopic (exact) mass is 499 g/mol. The molecule has 1 aliphatic rings. The van der Waals surface area contributed by atoms with Crippen LogP contribution in [0.3, 0.4) is 0 Å². The van der Waals surface area contributed by atoms with E-state index in [4.69, 9.17) is 26.4 Å². The zero-order valence-electron chi connectivity index (χ0n) is 20.6. The number of carbonyl (C=O) groups is 1. The van der Waals surface area contributed by atoms with Gasteiger partial charge in [0, 0.05) is 13.0 Å². The summed E-state index contributed by atoms with van der Waals surface area (Å²) in [5.74, 6) is 2.64. The van der Waals surface area contributed by atoms with E-state index in [9.17, 15) is 4.79 Å². The van der Waals surface area contributed by atoms with Crippen molar-refractivity contribution in [3.8, 4) is 17.2 Å². The number of thiocarbonyl (C=S) groups is 1. The first-order valence-corrected chi connectivity index (χ1v) is 12.9. The minimum atomic E-state index is -0.0509. The van der Waals surface area contributed by atoms with E-state index in [1.54, 1.807) is 4.90 Å². The van der Waals surface area contributed by atoms with Crippen molar-refractivity contribution in [3.05, 3.63) is 58.0 Å². The van der Waals surface area contributed by atoms with E-state index in [0.717, 1.165) is 17.7 Å². The Morgan fingerprint density at radius 1 is 1.00 bits per heavy atom. The maximum absolute atomic E-state index is 12.5. The van der Waals surface area contributed by atoms with Gasteiger partial charge in [0.15, 0.2) is 11.5 Å². The van der Waals surface area contributed by atoms with Crippen molar-refractivity contribution in [3.63, 3.8) is 0 Å². The number of rotatable bonds is 11. The fourth-order valence-corrected chi connectivity index (χ4v) is 4.98. The molecule has 1 fully saturated rings. The average Bonchev–Trinajstić information content (AvgIpc) is 3.06. The van der Waals surface area contributed by atoms with E-state index in [2.05, 4.69) is 39.0 Å². The summed E-state index contributed by atoms with van der Waals surface area (Å²) < 4.78 is 18.5. The Hall–Kier alpha value is -2.51. The van der Waals surface area contributed by atoms with E-state index in [-0.39, 0.29) is 5.91 Å². The van der Waals surface area contributed by atoms with Gasteiger partial charge in [0.25, 0.3) is 5.91 Å². The molecule has 0 aromatic heterocycles. The number of nitrogens with zero attached hydrogens (tertiary/aromatic N) is 1. The van der Waals surface area contributed by atoms with Crippen LogP contribution in [-0.4, -0.2) is 41.5 Å². The van der Waals surface area contributed by atoms with Crippen molar-refractivity contribution in [1.29, 1.82) is 0 Å². The molecule has 1 saturated heterocycles. The van der Waals surface area contributed by atoms with Crippen LogP contribution in [0, 0.1) is 6.92 Å². The molecule has 7 heteroatoms. The highest BCUT2D eigenvalue weighted by molar-refractivity contribution is 8.26. The quantitative estimate of drug-likeness (QED) is 0.198. The minimum Gasteiger partial charge on any atom is -0.493 e. The van der Waals surface area contributed by atoms with E-state index in [1.807, 2.05) is 38.1 Å². The number of thioether (sulfide) groups is 1. The summed E-state index contributed by atoms with van der Waals surface area (Å²) in [6.45, 7) is 12.5. The Morgan fingerprint density at radius 3 is 2.38 bits per heavy atom. The van der Waals surface area contributed by atoms with E-state index < -0.39 is 0 Å². The fourth-order valence-electron chi connectivity index (χ4n) is 3.59. The Bertz CT molecular complexity index is 1060. The number of ether oxygens (including phenoxy) is 3. The normalized spacial score (nSPS) is 14.9. The van der Waals surface area contributed by atoms with Crippen molar-refractivity contribution in [2.24, 2.45) is 0 Å². The number of carbonyl (C=O) groups excluding carboxylic acids is 1. The van der Waals surface area contributed by atoms with Gasteiger partial charge in [0.2, 0.25) is 0 Å². The number of hydrogen-bond acceptors (Lipinski definition) is 6. The standard InChI is InChI=1S/C27H33NO4S2/c1-6-28-26(29)25(34-27(28)33)17-20-10-12-22(24(16-20)30-7-2)31-13-8-14-32-23-15-19(5)9-11-21(23)18(3)4/h9-12,15-18H,6-8,13-14H2,1-5H3. The second-order valence-electron chi connectivity index (χ2n) is 8.31. The van der Waals surface area contributed by atoms with Crippen LogP contribution < -0.4 is 14.2 Å².